The van der Waals surface area contributed by atoms with Gasteiger partial charge in [0.2, 0.25) is 0 Å². The predicted octanol–water partition coefficient (Wildman–Crippen LogP) is 0.436. The molecule has 2 rings (SSSR count). The van der Waals surface area contributed by atoms with Gasteiger partial charge in [-0.1, -0.05) is 24.3 Å². The SMILES string of the molecule is CN(CCc1ccncc1)Cc1ccccc1B(O)O. The lowest BCUT2D eigenvalue weighted by atomic mass is 9.77. The number of aromatic nitrogens is 1. The molecule has 0 spiro atoms. The van der Waals surface area contributed by atoms with Crippen molar-refractivity contribution >= 4 is 12.6 Å². The molecule has 2 N–H and O–H groups in total. The van der Waals surface area contributed by atoms with E-state index >= 15 is 0 Å². The Morgan fingerprint density at radius 3 is 2.50 bits per heavy atom. The summed E-state index contributed by atoms with van der Waals surface area (Å²) in [6.45, 7) is 1.60. The zero-order chi connectivity index (χ0) is 14.4. The Balaban J connectivity index is 1.93. The molecule has 20 heavy (non-hydrogen) atoms. The van der Waals surface area contributed by atoms with E-state index in [4.69, 9.17) is 0 Å². The Bertz CT molecular complexity index is 534. The lowest BCUT2D eigenvalue weighted by Gasteiger charge is -2.18. The fourth-order valence-corrected chi connectivity index (χ4v) is 2.17. The third kappa shape index (κ3) is 4.16. The van der Waals surface area contributed by atoms with Gasteiger partial charge in [-0.15, -0.1) is 0 Å². The summed E-state index contributed by atoms with van der Waals surface area (Å²) in [5, 5.41) is 18.7. The number of pyridine rings is 1. The maximum Gasteiger partial charge on any atom is 0.488 e. The highest BCUT2D eigenvalue weighted by atomic mass is 16.4. The van der Waals surface area contributed by atoms with Crippen LogP contribution in [0.1, 0.15) is 11.1 Å². The Hall–Kier alpha value is -1.69. The van der Waals surface area contributed by atoms with Gasteiger partial charge >= 0.3 is 7.12 Å². The molecule has 104 valence electrons. The summed E-state index contributed by atoms with van der Waals surface area (Å²) in [4.78, 5) is 6.17. The van der Waals surface area contributed by atoms with E-state index in [0.29, 0.717) is 12.0 Å². The van der Waals surface area contributed by atoms with E-state index in [1.54, 1.807) is 18.5 Å². The highest BCUT2D eigenvalue weighted by Crippen LogP contribution is 2.04. The van der Waals surface area contributed by atoms with E-state index in [-0.39, 0.29) is 0 Å². The second-order valence-corrected chi connectivity index (χ2v) is 4.92. The zero-order valence-electron chi connectivity index (χ0n) is 11.6. The van der Waals surface area contributed by atoms with Crippen LogP contribution >= 0.6 is 0 Å². The second-order valence-electron chi connectivity index (χ2n) is 4.92. The smallest absolute Gasteiger partial charge is 0.423 e. The summed E-state index contributed by atoms with van der Waals surface area (Å²) in [7, 11) is 0.613. The number of benzene rings is 1. The molecule has 4 nitrogen and oxygen atoms in total. The number of nitrogens with zero attached hydrogens (tertiary/aromatic N) is 2. The van der Waals surface area contributed by atoms with Crippen molar-refractivity contribution in [1.29, 1.82) is 0 Å². The highest BCUT2D eigenvalue weighted by molar-refractivity contribution is 6.59. The first kappa shape index (κ1) is 14.7. The second kappa shape index (κ2) is 7.19. The standard InChI is InChI=1S/C15H19BN2O2/c1-18(11-8-13-6-9-17-10-7-13)12-14-4-2-3-5-15(14)16(19)20/h2-7,9-10,19-20H,8,11-12H2,1H3. The van der Waals surface area contributed by atoms with Crippen LogP contribution in [0.5, 0.6) is 0 Å². The average Bonchev–Trinajstić information content (AvgIpc) is 2.46. The summed E-state index contributed by atoms with van der Waals surface area (Å²) in [5.74, 6) is 0. The van der Waals surface area contributed by atoms with E-state index in [1.165, 1.54) is 5.56 Å². The van der Waals surface area contributed by atoms with Gasteiger partial charge in [0.1, 0.15) is 0 Å². The molecule has 5 heteroatoms. The van der Waals surface area contributed by atoms with Crippen LogP contribution in [-0.2, 0) is 13.0 Å². The Labute approximate surface area is 119 Å². The van der Waals surface area contributed by atoms with Gasteiger partial charge < -0.3 is 14.9 Å². The van der Waals surface area contributed by atoms with E-state index in [1.807, 2.05) is 37.4 Å². The minimum absolute atomic E-state index is 0.572. The molecule has 0 saturated heterocycles. The Morgan fingerprint density at radius 1 is 1.10 bits per heavy atom. The summed E-state index contributed by atoms with van der Waals surface area (Å²) in [6.07, 6.45) is 4.54. The molecular weight excluding hydrogens is 251 g/mol. The number of hydrogen-bond acceptors (Lipinski definition) is 4. The highest BCUT2D eigenvalue weighted by Gasteiger charge is 2.15. The molecule has 0 aliphatic heterocycles. The Kier molecular flexibility index (Phi) is 5.29. The van der Waals surface area contributed by atoms with Crippen LogP contribution in [0.15, 0.2) is 48.8 Å². The molecule has 0 amide bonds. The number of likely N-dealkylation sites (N-methyl/N-ethyl adjacent to an activating group) is 1. The minimum atomic E-state index is -1.42. The van der Waals surface area contributed by atoms with Crippen molar-refractivity contribution in [2.24, 2.45) is 0 Å². The summed E-state index contributed by atoms with van der Waals surface area (Å²) >= 11 is 0. The maximum atomic E-state index is 9.36. The van der Waals surface area contributed by atoms with E-state index < -0.39 is 7.12 Å². The van der Waals surface area contributed by atoms with E-state index in [9.17, 15) is 10.0 Å². The van der Waals surface area contributed by atoms with Gasteiger partial charge in [0.15, 0.2) is 0 Å². The van der Waals surface area contributed by atoms with Crippen molar-refractivity contribution in [3.05, 3.63) is 59.9 Å². The lowest BCUT2D eigenvalue weighted by molar-refractivity contribution is 0.331. The quantitative estimate of drug-likeness (QED) is 0.748. The van der Waals surface area contributed by atoms with Crippen LogP contribution in [0.25, 0.3) is 0 Å². The molecule has 0 aliphatic rings. The first-order valence-corrected chi connectivity index (χ1v) is 6.68. The molecule has 1 aromatic heterocycles. The summed E-state index contributed by atoms with van der Waals surface area (Å²) in [5.41, 5.74) is 2.77. The minimum Gasteiger partial charge on any atom is -0.423 e. The molecule has 0 bridgehead atoms. The van der Waals surface area contributed by atoms with Crippen LogP contribution in [0, 0.1) is 0 Å². The predicted molar refractivity (Wildman–Crippen MR) is 80.5 cm³/mol. The van der Waals surface area contributed by atoms with Gasteiger partial charge in [0, 0.05) is 25.5 Å². The van der Waals surface area contributed by atoms with Crippen molar-refractivity contribution in [3.8, 4) is 0 Å². The van der Waals surface area contributed by atoms with Gasteiger partial charge in [0.05, 0.1) is 0 Å². The molecule has 1 heterocycles. The van der Waals surface area contributed by atoms with Crippen molar-refractivity contribution in [1.82, 2.24) is 9.88 Å². The molecule has 2 aromatic rings. The van der Waals surface area contributed by atoms with Gasteiger partial charge in [0.25, 0.3) is 0 Å². The normalized spacial score (nSPS) is 10.8. The third-order valence-corrected chi connectivity index (χ3v) is 3.31. The number of rotatable bonds is 6. The molecule has 0 atom stereocenters. The van der Waals surface area contributed by atoms with E-state index in [2.05, 4.69) is 9.88 Å². The number of hydrogen-bond donors (Lipinski definition) is 2. The summed E-state index contributed by atoms with van der Waals surface area (Å²) in [6, 6.07) is 11.4. The largest absolute Gasteiger partial charge is 0.488 e. The van der Waals surface area contributed by atoms with Gasteiger partial charge in [-0.05, 0) is 42.2 Å². The van der Waals surface area contributed by atoms with Gasteiger partial charge in [-0.2, -0.15) is 0 Å². The van der Waals surface area contributed by atoms with Crippen LogP contribution in [-0.4, -0.2) is 40.6 Å². The first-order chi connectivity index (χ1) is 9.66. The molecule has 0 aliphatic carbocycles. The molecule has 0 radical (unpaired) electrons. The van der Waals surface area contributed by atoms with Crippen molar-refractivity contribution in [2.75, 3.05) is 13.6 Å². The molecule has 0 unspecified atom stereocenters. The fourth-order valence-electron chi connectivity index (χ4n) is 2.17. The Morgan fingerprint density at radius 2 is 1.80 bits per heavy atom. The van der Waals surface area contributed by atoms with Crippen molar-refractivity contribution in [2.45, 2.75) is 13.0 Å². The van der Waals surface area contributed by atoms with Gasteiger partial charge in [-0.3, -0.25) is 4.98 Å². The molecule has 0 fully saturated rings. The van der Waals surface area contributed by atoms with Crippen molar-refractivity contribution in [3.63, 3.8) is 0 Å². The third-order valence-electron chi connectivity index (χ3n) is 3.31. The van der Waals surface area contributed by atoms with Crippen LogP contribution in [0.4, 0.5) is 0 Å². The van der Waals surface area contributed by atoms with Crippen molar-refractivity contribution < 1.29 is 10.0 Å². The molecule has 0 saturated carbocycles. The van der Waals surface area contributed by atoms with Gasteiger partial charge in [-0.25, -0.2) is 0 Å². The monoisotopic (exact) mass is 270 g/mol. The average molecular weight is 270 g/mol. The fraction of sp³-hybridized carbons (Fsp3) is 0.267. The molecule has 1 aromatic carbocycles. The zero-order valence-corrected chi connectivity index (χ0v) is 11.6. The first-order valence-electron chi connectivity index (χ1n) is 6.68. The van der Waals surface area contributed by atoms with Crippen LogP contribution in [0.2, 0.25) is 0 Å². The topological polar surface area (TPSA) is 56.6 Å². The van der Waals surface area contributed by atoms with E-state index in [0.717, 1.165) is 18.5 Å². The summed E-state index contributed by atoms with van der Waals surface area (Å²) < 4.78 is 0. The lowest BCUT2D eigenvalue weighted by Crippen LogP contribution is -2.35. The molecular formula is C15H19BN2O2. The maximum absolute atomic E-state index is 9.36. The van der Waals surface area contributed by atoms with Crippen LogP contribution in [0.3, 0.4) is 0 Å². The van der Waals surface area contributed by atoms with Crippen LogP contribution < -0.4 is 5.46 Å².